The SMILES string of the molecule is Cc1cc(C(=O)Nc2cccc(F)c2C#N)co1. The fraction of sp³-hybridized carbons (Fsp3) is 0.0769. The topological polar surface area (TPSA) is 66.0 Å². The quantitative estimate of drug-likeness (QED) is 0.883. The van der Waals surface area contributed by atoms with E-state index in [9.17, 15) is 9.18 Å². The van der Waals surface area contributed by atoms with E-state index in [4.69, 9.17) is 9.68 Å². The molecule has 2 rings (SSSR count). The molecule has 0 atom stereocenters. The predicted octanol–water partition coefficient (Wildman–Crippen LogP) is 2.85. The average molecular weight is 244 g/mol. The van der Waals surface area contributed by atoms with Gasteiger partial charge in [-0.05, 0) is 25.1 Å². The summed E-state index contributed by atoms with van der Waals surface area (Å²) in [5.41, 5.74) is 0.271. The minimum absolute atomic E-state index is 0.140. The maximum absolute atomic E-state index is 13.3. The van der Waals surface area contributed by atoms with E-state index < -0.39 is 11.7 Å². The van der Waals surface area contributed by atoms with Crippen LogP contribution in [0.1, 0.15) is 21.7 Å². The zero-order valence-corrected chi connectivity index (χ0v) is 9.53. The van der Waals surface area contributed by atoms with Crippen LogP contribution in [0.2, 0.25) is 0 Å². The minimum atomic E-state index is -0.668. The van der Waals surface area contributed by atoms with Crippen LogP contribution >= 0.6 is 0 Å². The lowest BCUT2D eigenvalue weighted by molar-refractivity contribution is 0.102. The molecular formula is C13H9FN2O2. The number of aryl methyl sites for hydroxylation is 1. The fourth-order valence-electron chi connectivity index (χ4n) is 1.50. The van der Waals surface area contributed by atoms with Crippen LogP contribution in [0, 0.1) is 24.1 Å². The predicted molar refractivity (Wildman–Crippen MR) is 62.5 cm³/mol. The molecule has 0 aliphatic rings. The molecule has 90 valence electrons. The summed E-state index contributed by atoms with van der Waals surface area (Å²) in [6.45, 7) is 1.71. The monoisotopic (exact) mass is 244 g/mol. The zero-order valence-electron chi connectivity index (χ0n) is 9.53. The maximum Gasteiger partial charge on any atom is 0.258 e. The van der Waals surface area contributed by atoms with Gasteiger partial charge in [0.1, 0.15) is 29.5 Å². The third-order valence-corrected chi connectivity index (χ3v) is 2.37. The van der Waals surface area contributed by atoms with Crippen LogP contribution in [-0.2, 0) is 0 Å². The first kappa shape index (κ1) is 11.9. The Balaban J connectivity index is 2.28. The minimum Gasteiger partial charge on any atom is -0.469 e. The second-order valence-electron chi connectivity index (χ2n) is 3.67. The third kappa shape index (κ3) is 2.23. The van der Waals surface area contributed by atoms with E-state index in [-0.39, 0.29) is 11.3 Å². The Morgan fingerprint density at radius 1 is 1.50 bits per heavy atom. The average Bonchev–Trinajstić information content (AvgIpc) is 2.76. The van der Waals surface area contributed by atoms with Crippen LogP contribution in [0.4, 0.5) is 10.1 Å². The van der Waals surface area contributed by atoms with Crippen LogP contribution in [0.5, 0.6) is 0 Å². The molecule has 0 spiro atoms. The number of nitrogens with one attached hydrogen (secondary N) is 1. The van der Waals surface area contributed by atoms with E-state index in [1.54, 1.807) is 19.1 Å². The van der Waals surface area contributed by atoms with Crippen LogP contribution in [0.15, 0.2) is 34.9 Å². The normalized spacial score (nSPS) is 9.83. The Morgan fingerprint density at radius 3 is 2.89 bits per heavy atom. The molecule has 2 aromatic rings. The van der Waals surface area contributed by atoms with Crippen LogP contribution in [0.25, 0.3) is 0 Å². The first-order valence-corrected chi connectivity index (χ1v) is 5.17. The summed E-state index contributed by atoms with van der Waals surface area (Å²) < 4.78 is 18.3. The number of amides is 1. The highest BCUT2D eigenvalue weighted by molar-refractivity contribution is 6.04. The van der Waals surface area contributed by atoms with Gasteiger partial charge in [0, 0.05) is 0 Å². The lowest BCUT2D eigenvalue weighted by Crippen LogP contribution is -2.12. The maximum atomic E-state index is 13.3. The Labute approximate surface area is 103 Å². The number of furan rings is 1. The third-order valence-electron chi connectivity index (χ3n) is 2.37. The molecule has 5 heteroatoms. The summed E-state index contributed by atoms with van der Waals surface area (Å²) in [5, 5.41) is 11.3. The van der Waals surface area contributed by atoms with Gasteiger partial charge in [0.15, 0.2) is 0 Å². The Bertz CT molecular complexity index is 641. The van der Waals surface area contributed by atoms with Crippen molar-refractivity contribution in [3.05, 3.63) is 53.2 Å². The molecule has 0 fully saturated rings. The molecular weight excluding hydrogens is 235 g/mol. The van der Waals surface area contributed by atoms with E-state index in [2.05, 4.69) is 5.32 Å². The first-order chi connectivity index (χ1) is 8.61. The molecule has 1 aromatic heterocycles. The molecule has 0 aliphatic carbocycles. The van der Waals surface area contributed by atoms with Crippen LogP contribution in [0.3, 0.4) is 0 Å². The van der Waals surface area contributed by atoms with Gasteiger partial charge in [-0.1, -0.05) is 6.07 Å². The molecule has 1 N–H and O–H groups in total. The molecule has 0 saturated heterocycles. The summed E-state index contributed by atoms with van der Waals surface area (Å²) in [5.74, 6) is -0.521. The van der Waals surface area contributed by atoms with Crippen molar-refractivity contribution >= 4 is 11.6 Å². The Kier molecular flexibility index (Phi) is 3.11. The Morgan fingerprint density at radius 2 is 2.28 bits per heavy atom. The van der Waals surface area contributed by atoms with E-state index in [0.717, 1.165) is 6.07 Å². The number of rotatable bonds is 2. The van der Waals surface area contributed by atoms with Crippen LogP contribution < -0.4 is 5.32 Å². The highest BCUT2D eigenvalue weighted by atomic mass is 19.1. The van der Waals surface area contributed by atoms with Crippen molar-refractivity contribution < 1.29 is 13.6 Å². The largest absolute Gasteiger partial charge is 0.469 e. The molecule has 0 saturated carbocycles. The number of carbonyl (C=O) groups excluding carboxylic acids is 1. The number of hydrogen-bond donors (Lipinski definition) is 1. The summed E-state index contributed by atoms with van der Waals surface area (Å²) in [4.78, 5) is 11.8. The van der Waals surface area contributed by atoms with Crippen molar-refractivity contribution in [1.29, 1.82) is 5.26 Å². The van der Waals surface area contributed by atoms with Crippen molar-refractivity contribution in [3.8, 4) is 6.07 Å². The van der Waals surface area contributed by atoms with Crippen molar-refractivity contribution in [1.82, 2.24) is 0 Å². The lowest BCUT2D eigenvalue weighted by Gasteiger charge is -2.05. The molecule has 0 aliphatic heterocycles. The number of benzene rings is 1. The number of anilines is 1. The molecule has 1 aromatic carbocycles. The number of nitrogens with zero attached hydrogens (tertiary/aromatic N) is 1. The van der Waals surface area contributed by atoms with Crippen molar-refractivity contribution in [3.63, 3.8) is 0 Å². The van der Waals surface area contributed by atoms with Gasteiger partial charge >= 0.3 is 0 Å². The number of hydrogen-bond acceptors (Lipinski definition) is 3. The van der Waals surface area contributed by atoms with E-state index in [1.807, 2.05) is 0 Å². The molecule has 18 heavy (non-hydrogen) atoms. The first-order valence-electron chi connectivity index (χ1n) is 5.17. The van der Waals surface area contributed by atoms with Gasteiger partial charge in [-0.25, -0.2) is 4.39 Å². The molecule has 1 heterocycles. The van der Waals surface area contributed by atoms with Gasteiger partial charge in [0.05, 0.1) is 11.3 Å². The molecule has 0 radical (unpaired) electrons. The second kappa shape index (κ2) is 4.72. The van der Waals surface area contributed by atoms with E-state index >= 15 is 0 Å². The van der Waals surface area contributed by atoms with Crippen molar-refractivity contribution in [2.45, 2.75) is 6.92 Å². The van der Waals surface area contributed by atoms with Gasteiger partial charge < -0.3 is 9.73 Å². The lowest BCUT2D eigenvalue weighted by atomic mass is 10.1. The molecule has 1 amide bonds. The van der Waals surface area contributed by atoms with Gasteiger partial charge in [-0.2, -0.15) is 5.26 Å². The fourth-order valence-corrected chi connectivity index (χ4v) is 1.50. The second-order valence-corrected chi connectivity index (χ2v) is 3.67. The summed E-state index contributed by atoms with van der Waals surface area (Å²) in [6.07, 6.45) is 1.30. The molecule has 4 nitrogen and oxygen atoms in total. The summed E-state index contributed by atoms with van der Waals surface area (Å²) >= 11 is 0. The summed E-state index contributed by atoms with van der Waals surface area (Å²) in [6, 6.07) is 7.32. The number of nitriles is 1. The van der Waals surface area contributed by atoms with Gasteiger partial charge in [0.25, 0.3) is 5.91 Å². The van der Waals surface area contributed by atoms with Gasteiger partial charge in [-0.15, -0.1) is 0 Å². The van der Waals surface area contributed by atoms with E-state index in [1.165, 1.54) is 18.4 Å². The zero-order chi connectivity index (χ0) is 13.1. The standard InChI is InChI=1S/C13H9FN2O2/c1-8-5-9(7-18-8)13(17)16-12-4-2-3-11(14)10(12)6-15/h2-5,7H,1H3,(H,16,17). The number of carbonyl (C=O) groups is 1. The number of halogens is 1. The van der Waals surface area contributed by atoms with Gasteiger partial charge in [0.2, 0.25) is 0 Å². The summed E-state index contributed by atoms with van der Waals surface area (Å²) in [7, 11) is 0. The van der Waals surface area contributed by atoms with Crippen molar-refractivity contribution in [2.24, 2.45) is 0 Å². The Hall–Kier alpha value is -2.61. The van der Waals surface area contributed by atoms with Crippen LogP contribution in [-0.4, -0.2) is 5.91 Å². The highest BCUT2D eigenvalue weighted by Gasteiger charge is 2.13. The smallest absolute Gasteiger partial charge is 0.258 e. The van der Waals surface area contributed by atoms with Gasteiger partial charge in [-0.3, -0.25) is 4.79 Å². The van der Waals surface area contributed by atoms with E-state index in [0.29, 0.717) is 11.3 Å². The highest BCUT2D eigenvalue weighted by Crippen LogP contribution is 2.19. The van der Waals surface area contributed by atoms with Crippen molar-refractivity contribution in [2.75, 3.05) is 5.32 Å². The molecule has 0 unspecified atom stereocenters. The molecule has 0 bridgehead atoms.